The van der Waals surface area contributed by atoms with Gasteiger partial charge in [0.1, 0.15) is 0 Å². The molecule has 0 amide bonds. The third-order valence-electron chi connectivity index (χ3n) is 2.60. The summed E-state index contributed by atoms with van der Waals surface area (Å²) in [6.07, 6.45) is 1.77. The van der Waals surface area contributed by atoms with Gasteiger partial charge in [-0.15, -0.1) is 6.58 Å². The number of hydrogen-bond donors (Lipinski definition) is 1. The topological polar surface area (TPSA) is 63.2 Å². The van der Waals surface area contributed by atoms with Gasteiger partial charge in [0, 0.05) is 19.1 Å². The molecule has 1 N–H and O–H groups in total. The van der Waals surface area contributed by atoms with E-state index in [9.17, 15) is 0 Å². The fourth-order valence-electron chi connectivity index (χ4n) is 1.57. The van der Waals surface area contributed by atoms with Crippen LogP contribution in [0.1, 0.15) is 6.92 Å². The van der Waals surface area contributed by atoms with E-state index in [1.54, 1.807) is 6.08 Å². The fraction of sp³-hybridized carbons (Fsp3) is 0.545. The zero-order chi connectivity index (χ0) is 13.0. The number of nitrogens with one attached hydrogen (secondary N) is 1. The highest BCUT2D eigenvalue weighted by Gasteiger charge is 2.16. The summed E-state index contributed by atoms with van der Waals surface area (Å²) in [5, 5.41) is 3.27. The SMILES string of the molecule is C=CC(C)Nc1nc(Cl)nc(N2CCOCC2)n1. The number of aromatic nitrogens is 3. The molecule has 0 bridgehead atoms. The Balaban J connectivity index is 2.17. The normalized spacial score (nSPS) is 17.3. The highest BCUT2D eigenvalue weighted by atomic mass is 35.5. The number of hydrogen-bond acceptors (Lipinski definition) is 6. The lowest BCUT2D eigenvalue weighted by molar-refractivity contribution is 0.122. The monoisotopic (exact) mass is 269 g/mol. The van der Waals surface area contributed by atoms with E-state index in [4.69, 9.17) is 16.3 Å². The Morgan fingerprint density at radius 1 is 1.39 bits per heavy atom. The predicted octanol–water partition coefficient (Wildman–Crippen LogP) is 1.35. The van der Waals surface area contributed by atoms with Gasteiger partial charge in [0.05, 0.1) is 13.2 Å². The largest absolute Gasteiger partial charge is 0.378 e. The van der Waals surface area contributed by atoms with Crippen LogP contribution in [0.2, 0.25) is 5.28 Å². The van der Waals surface area contributed by atoms with Crippen LogP contribution in [0, 0.1) is 0 Å². The number of halogens is 1. The first-order valence-corrected chi connectivity index (χ1v) is 6.20. The van der Waals surface area contributed by atoms with Crippen molar-refractivity contribution in [3.8, 4) is 0 Å². The zero-order valence-electron chi connectivity index (χ0n) is 10.3. The summed E-state index contributed by atoms with van der Waals surface area (Å²) in [7, 11) is 0. The van der Waals surface area contributed by atoms with Crippen LogP contribution < -0.4 is 10.2 Å². The molecule has 1 unspecified atom stereocenters. The summed E-state index contributed by atoms with van der Waals surface area (Å²) in [5.41, 5.74) is 0. The maximum absolute atomic E-state index is 5.91. The van der Waals surface area contributed by atoms with Crippen molar-refractivity contribution in [2.75, 3.05) is 36.5 Å². The molecule has 0 spiro atoms. The second-order valence-electron chi connectivity index (χ2n) is 4.00. The minimum absolute atomic E-state index is 0.0704. The van der Waals surface area contributed by atoms with Crippen LogP contribution in [0.4, 0.5) is 11.9 Å². The summed E-state index contributed by atoms with van der Waals surface area (Å²) in [5.74, 6) is 1.04. The summed E-state index contributed by atoms with van der Waals surface area (Å²) in [6.45, 7) is 8.53. The van der Waals surface area contributed by atoms with Crippen molar-refractivity contribution in [3.63, 3.8) is 0 Å². The van der Waals surface area contributed by atoms with Crippen LogP contribution in [0.25, 0.3) is 0 Å². The van der Waals surface area contributed by atoms with Gasteiger partial charge < -0.3 is 15.0 Å². The van der Waals surface area contributed by atoms with Gasteiger partial charge in [0.25, 0.3) is 0 Å². The van der Waals surface area contributed by atoms with Crippen LogP contribution in [0.3, 0.4) is 0 Å². The van der Waals surface area contributed by atoms with Crippen molar-refractivity contribution in [1.82, 2.24) is 15.0 Å². The first kappa shape index (κ1) is 13.0. The summed E-state index contributed by atoms with van der Waals surface area (Å²) < 4.78 is 5.29. The molecule has 2 rings (SSSR count). The van der Waals surface area contributed by atoms with Gasteiger partial charge in [0.2, 0.25) is 17.2 Å². The minimum Gasteiger partial charge on any atom is -0.378 e. The molecular weight excluding hydrogens is 254 g/mol. The van der Waals surface area contributed by atoms with Gasteiger partial charge in [-0.25, -0.2) is 0 Å². The Kier molecular flexibility index (Phi) is 4.33. The van der Waals surface area contributed by atoms with Gasteiger partial charge in [-0.2, -0.15) is 15.0 Å². The molecule has 1 aromatic rings. The van der Waals surface area contributed by atoms with E-state index in [0.717, 1.165) is 13.1 Å². The maximum Gasteiger partial charge on any atom is 0.231 e. The molecule has 0 aromatic carbocycles. The van der Waals surface area contributed by atoms with Gasteiger partial charge in [-0.1, -0.05) is 6.08 Å². The highest BCUT2D eigenvalue weighted by molar-refractivity contribution is 6.28. The third-order valence-corrected chi connectivity index (χ3v) is 2.77. The summed E-state index contributed by atoms with van der Waals surface area (Å²) in [6, 6.07) is 0.0704. The number of rotatable bonds is 4. The van der Waals surface area contributed by atoms with Crippen LogP contribution in [-0.2, 0) is 4.74 Å². The van der Waals surface area contributed by atoms with E-state index in [-0.39, 0.29) is 11.3 Å². The minimum atomic E-state index is 0.0704. The highest BCUT2D eigenvalue weighted by Crippen LogP contribution is 2.15. The van der Waals surface area contributed by atoms with E-state index in [1.807, 2.05) is 11.8 Å². The smallest absolute Gasteiger partial charge is 0.231 e. The van der Waals surface area contributed by atoms with Gasteiger partial charge in [0.15, 0.2) is 0 Å². The molecule has 1 aromatic heterocycles. The van der Waals surface area contributed by atoms with Crippen molar-refractivity contribution in [3.05, 3.63) is 17.9 Å². The molecule has 18 heavy (non-hydrogen) atoms. The molecule has 0 aliphatic carbocycles. The molecule has 1 aliphatic rings. The number of ether oxygens (including phenoxy) is 1. The molecule has 7 heteroatoms. The van der Waals surface area contributed by atoms with Crippen molar-refractivity contribution in [2.24, 2.45) is 0 Å². The second kappa shape index (κ2) is 5.97. The van der Waals surface area contributed by atoms with Crippen molar-refractivity contribution >= 4 is 23.5 Å². The molecule has 2 heterocycles. The van der Waals surface area contributed by atoms with E-state index in [1.165, 1.54) is 0 Å². The Hall–Kier alpha value is -1.40. The van der Waals surface area contributed by atoms with Gasteiger partial charge in [-0.05, 0) is 18.5 Å². The number of anilines is 2. The van der Waals surface area contributed by atoms with E-state index < -0.39 is 0 Å². The molecular formula is C11H16ClN5O. The van der Waals surface area contributed by atoms with Crippen molar-refractivity contribution in [1.29, 1.82) is 0 Å². The van der Waals surface area contributed by atoms with Crippen LogP contribution in [0.5, 0.6) is 0 Å². The standard InChI is InChI=1S/C11H16ClN5O/c1-3-8(2)13-10-14-9(12)15-11(16-10)17-4-6-18-7-5-17/h3,8H,1,4-7H2,2H3,(H,13,14,15,16). The lowest BCUT2D eigenvalue weighted by atomic mass is 10.3. The molecule has 1 fully saturated rings. The second-order valence-corrected chi connectivity index (χ2v) is 4.33. The Morgan fingerprint density at radius 3 is 2.78 bits per heavy atom. The molecule has 1 saturated heterocycles. The van der Waals surface area contributed by atoms with E-state index in [0.29, 0.717) is 25.1 Å². The third kappa shape index (κ3) is 3.30. The van der Waals surface area contributed by atoms with Crippen LogP contribution in [-0.4, -0.2) is 47.3 Å². The Bertz CT molecular complexity index is 422. The molecule has 6 nitrogen and oxygen atoms in total. The van der Waals surface area contributed by atoms with Crippen molar-refractivity contribution < 1.29 is 4.74 Å². The van der Waals surface area contributed by atoms with Gasteiger partial charge >= 0.3 is 0 Å². The van der Waals surface area contributed by atoms with E-state index in [2.05, 4.69) is 26.8 Å². The fourth-order valence-corrected chi connectivity index (χ4v) is 1.73. The zero-order valence-corrected chi connectivity index (χ0v) is 11.0. The quantitative estimate of drug-likeness (QED) is 0.833. The lowest BCUT2D eigenvalue weighted by Crippen LogP contribution is -2.37. The number of nitrogens with zero attached hydrogens (tertiary/aromatic N) is 4. The molecule has 0 saturated carbocycles. The molecule has 1 atom stereocenters. The average molecular weight is 270 g/mol. The molecule has 0 radical (unpaired) electrons. The predicted molar refractivity (Wildman–Crippen MR) is 71.2 cm³/mol. The number of morpholine rings is 1. The van der Waals surface area contributed by atoms with Crippen molar-refractivity contribution in [2.45, 2.75) is 13.0 Å². The first-order valence-electron chi connectivity index (χ1n) is 5.82. The van der Waals surface area contributed by atoms with E-state index >= 15 is 0 Å². The van der Waals surface area contributed by atoms with Gasteiger partial charge in [-0.3, -0.25) is 0 Å². The van der Waals surface area contributed by atoms with Crippen LogP contribution >= 0.6 is 11.6 Å². The summed E-state index contributed by atoms with van der Waals surface area (Å²) >= 11 is 5.91. The first-order chi connectivity index (χ1) is 8.69. The average Bonchev–Trinajstić information content (AvgIpc) is 2.39. The lowest BCUT2D eigenvalue weighted by Gasteiger charge is -2.26. The van der Waals surface area contributed by atoms with Crippen LogP contribution in [0.15, 0.2) is 12.7 Å². The maximum atomic E-state index is 5.91. The molecule has 98 valence electrons. The Labute approximate surface area is 111 Å². The summed E-state index contributed by atoms with van der Waals surface area (Å²) in [4.78, 5) is 14.6. The Morgan fingerprint density at radius 2 is 2.11 bits per heavy atom. The molecule has 1 aliphatic heterocycles.